The van der Waals surface area contributed by atoms with Crippen molar-refractivity contribution in [2.24, 2.45) is 11.8 Å². The summed E-state index contributed by atoms with van der Waals surface area (Å²) in [5.41, 5.74) is 0. The molecule has 60 valence electrons. The van der Waals surface area contributed by atoms with Crippen molar-refractivity contribution in [3.8, 4) is 0 Å². The van der Waals surface area contributed by atoms with Gasteiger partial charge in [0.05, 0.1) is 0 Å². The minimum absolute atomic E-state index is 0.266. The van der Waals surface area contributed by atoms with E-state index in [1.165, 1.54) is 0 Å². The topological polar surface area (TPSA) is 17.1 Å². The van der Waals surface area contributed by atoms with Gasteiger partial charge in [-0.3, -0.25) is 4.79 Å². The maximum absolute atomic E-state index is 11.2. The van der Waals surface area contributed by atoms with Gasteiger partial charge in [-0.15, -0.1) is 0 Å². The van der Waals surface area contributed by atoms with Crippen LogP contribution in [0.1, 0.15) is 40.5 Å². The Bertz CT molecular complexity index is 105. The van der Waals surface area contributed by atoms with Crippen molar-refractivity contribution < 1.29 is 4.79 Å². The Labute approximate surface area is 63.8 Å². The summed E-state index contributed by atoms with van der Waals surface area (Å²) in [5, 5.41) is 0. The van der Waals surface area contributed by atoms with E-state index in [4.69, 9.17) is 0 Å². The van der Waals surface area contributed by atoms with Crippen LogP contribution in [0.4, 0.5) is 0 Å². The number of Topliss-reactive ketones (excluding diaryl/α,β-unsaturated/α-hetero) is 1. The highest BCUT2D eigenvalue weighted by Gasteiger charge is 2.11. The lowest BCUT2D eigenvalue weighted by Gasteiger charge is -2.08. The average Bonchev–Trinajstić information content (AvgIpc) is 1.85. The summed E-state index contributed by atoms with van der Waals surface area (Å²) >= 11 is 0. The van der Waals surface area contributed by atoms with Crippen molar-refractivity contribution >= 4 is 5.78 Å². The molecule has 0 spiro atoms. The van der Waals surface area contributed by atoms with Crippen LogP contribution in [-0.2, 0) is 4.79 Å². The zero-order valence-corrected chi connectivity index (χ0v) is 7.48. The predicted molar refractivity (Wildman–Crippen MR) is 43.9 cm³/mol. The Kier molecular flexibility index (Phi) is 4.33. The first-order chi connectivity index (χ1) is 4.57. The fourth-order valence-electron chi connectivity index (χ4n) is 0.831. The Morgan fingerprint density at radius 1 is 1.30 bits per heavy atom. The number of carbonyl (C=O) groups excluding carboxylic acids is 1. The SMILES string of the molecule is CC[C@H](C)C(=O)CC(C)C. The average molecular weight is 142 g/mol. The van der Waals surface area contributed by atoms with Gasteiger partial charge in [0, 0.05) is 12.3 Å². The molecule has 0 saturated carbocycles. The van der Waals surface area contributed by atoms with E-state index in [1.54, 1.807) is 0 Å². The van der Waals surface area contributed by atoms with Crippen LogP contribution in [0.3, 0.4) is 0 Å². The van der Waals surface area contributed by atoms with Crippen LogP contribution in [0.25, 0.3) is 0 Å². The molecule has 0 amide bonds. The van der Waals surface area contributed by atoms with Crippen molar-refractivity contribution in [1.29, 1.82) is 0 Å². The Balaban J connectivity index is 3.62. The molecule has 0 aliphatic heterocycles. The molecule has 0 bridgehead atoms. The number of ketones is 1. The predicted octanol–water partition coefficient (Wildman–Crippen LogP) is 2.65. The van der Waals surface area contributed by atoms with Gasteiger partial charge in [0.25, 0.3) is 0 Å². The van der Waals surface area contributed by atoms with Gasteiger partial charge >= 0.3 is 0 Å². The monoisotopic (exact) mass is 142 g/mol. The van der Waals surface area contributed by atoms with E-state index < -0.39 is 0 Å². The molecule has 0 aromatic rings. The molecule has 0 unspecified atom stereocenters. The van der Waals surface area contributed by atoms with E-state index in [-0.39, 0.29) is 5.92 Å². The third-order valence-electron chi connectivity index (χ3n) is 1.77. The summed E-state index contributed by atoms with van der Waals surface area (Å²) in [7, 11) is 0. The van der Waals surface area contributed by atoms with Crippen molar-refractivity contribution in [1.82, 2.24) is 0 Å². The molecule has 10 heavy (non-hydrogen) atoms. The minimum Gasteiger partial charge on any atom is -0.299 e. The van der Waals surface area contributed by atoms with Gasteiger partial charge in [0.1, 0.15) is 5.78 Å². The summed E-state index contributed by atoms with van der Waals surface area (Å²) in [5.74, 6) is 1.20. The van der Waals surface area contributed by atoms with Gasteiger partial charge in [-0.25, -0.2) is 0 Å². The summed E-state index contributed by atoms with van der Waals surface area (Å²) in [6.45, 7) is 8.23. The molecular formula is C9H18O. The third kappa shape index (κ3) is 3.65. The molecule has 0 aromatic carbocycles. The van der Waals surface area contributed by atoms with E-state index in [2.05, 4.69) is 20.8 Å². The second-order valence-electron chi connectivity index (χ2n) is 3.37. The molecule has 0 N–H and O–H groups in total. The first kappa shape index (κ1) is 9.67. The van der Waals surface area contributed by atoms with Crippen molar-refractivity contribution in [2.75, 3.05) is 0 Å². The number of carbonyl (C=O) groups is 1. The first-order valence-electron chi connectivity index (χ1n) is 4.10. The maximum atomic E-state index is 11.2. The van der Waals surface area contributed by atoms with E-state index in [1.807, 2.05) is 6.92 Å². The first-order valence-corrected chi connectivity index (χ1v) is 4.10. The van der Waals surface area contributed by atoms with E-state index in [9.17, 15) is 4.79 Å². The third-order valence-corrected chi connectivity index (χ3v) is 1.77. The molecule has 0 heterocycles. The zero-order valence-electron chi connectivity index (χ0n) is 7.48. The normalized spacial score (nSPS) is 13.7. The molecule has 1 nitrogen and oxygen atoms in total. The van der Waals surface area contributed by atoms with Crippen LogP contribution in [0.15, 0.2) is 0 Å². The van der Waals surface area contributed by atoms with Gasteiger partial charge in [-0.05, 0) is 12.3 Å². The molecule has 0 fully saturated rings. The quantitative estimate of drug-likeness (QED) is 0.589. The largest absolute Gasteiger partial charge is 0.299 e. The van der Waals surface area contributed by atoms with Crippen LogP contribution >= 0.6 is 0 Å². The lowest BCUT2D eigenvalue weighted by Crippen LogP contribution is -2.11. The molecule has 0 aromatic heterocycles. The fraction of sp³-hybridized carbons (Fsp3) is 0.889. The summed E-state index contributed by atoms with van der Waals surface area (Å²) in [4.78, 5) is 11.2. The van der Waals surface area contributed by atoms with E-state index >= 15 is 0 Å². The van der Waals surface area contributed by atoms with Gasteiger partial charge in [-0.1, -0.05) is 27.7 Å². The van der Waals surface area contributed by atoms with E-state index in [0.29, 0.717) is 11.7 Å². The molecule has 1 atom stereocenters. The molecule has 0 saturated heterocycles. The molecular weight excluding hydrogens is 124 g/mol. The van der Waals surface area contributed by atoms with Gasteiger partial charge in [0.2, 0.25) is 0 Å². The highest BCUT2D eigenvalue weighted by molar-refractivity contribution is 5.80. The molecule has 0 rings (SSSR count). The maximum Gasteiger partial charge on any atom is 0.135 e. The zero-order chi connectivity index (χ0) is 8.15. The molecule has 1 heteroatoms. The van der Waals surface area contributed by atoms with Crippen LogP contribution in [-0.4, -0.2) is 5.78 Å². The Hall–Kier alpha value is -0.330. The standard InChI is InChI=1S/C9H18O/c1-5-8(4)9(10)6-7(2)3/h7-8H,5-6H2,1-4H3/t8-/m0/s1. The van der Waals surface area contributed by atoms with Crippen molar-refractivity contribution in [3.05, 3.63) is 0 Å². The number of hydrogen-bond donors (Lipinski definition) is 0. The smallest absolute Gasteiger partial charge is 0.135 e. The lowest BCUT2D eigenvalue weighted by molar-refractivity contribution is -0.123. The van der Waals surface area contributed by atoms with Gasteiger partial charge in [-0.2, -0.15) is 0 Å². The summed E-state index contributed by atoms with van der Waals surface area (Å²) in [6.07, 6.45) is 1.72. The van der Waals surface area contributed by atoms with Crippen LogP contribution in [0.5, 0.6) is 0 Å². The van der Waals surface area contributed by atoms with Crippen LogP contribution in [0, 0.1) is 11.8 Å². The van der Waals surface area contributed by atoms with Crippen LogP contribution < -0.4 is 0 Å². The second-order valence-corrected chi connectivity index (χ2v) is 3.37. The highest BCUT2D eigenvalue weighted by Crippen LogP contribution is 2.09. The summed E-state index contributed by atoms with van der Waals surface area (Å²) < 4.78 is 0. The van der Waals surface area contributed by atoms with Gasteiger partial charge < -0.3 is 0 Å². The fourth-order valence-corrected chi connectivity index (χ4v) is 0.831. The van der Waals surface area contributed by atoms with E-state index in [0.717, 1.165) is 12.8 Å². The molecule has 0 aliphatic rings. The van der Waals surface area contributed by atoms with Crippen LogP contribution in [0.2, 0.25) is 0 Å². The highest BCUT2D eigenvalue weighted by atomic mass is 16.1. The van der Waals surface area contributed by atoms with Crippen molar-refractivity contribution in [2.45, 2.75) is 40.5 Å². The lowest BCUT2D eigenvalue weighted by atomic mass is 9.96. The summed E-state index contributed by atoms with van der Waals surface area (Å²) in [6, 6.07) is 0. The Morgan fingerprint density at radius 3 is 2.10 bits per heavy atom. The minimum atomic E-state index is 0.266. The molecule has 0 aliphatic carbocycles. The Morgan fingerprint density at radius 2 is 1.80 bits per heavy atom. The number of rotatable bonds is 4. The second kappa shape index (κ2) is 4.48. The van der Waals surface area contributed by atoms with Crippen molar-refractivity contribution in [3.63, 3.8) is 0 Å². The number of hydrogen-bond acceptors (Lipinski definition) is 1. The molecule has 0 radical (unpaired) electrons. The van der Waals surface area contributed by atoms with Gasteiger partial charge in [0.15, 0.2) is 0 Å².